The Hall–Kier alpha value is -1.69. The monoisotopic (exact) mass is 308 g/mol. The first-order valence-electron chi connectivity index (χ1n) is 6.93. The molecule has 1 aliphatic rings. The fourth-order valence-corrected chi connectivity index (χ4v) is 3.31. The second-order valence-corrected chi connectivity index (χ2v) is 6.37. The molecule has 0 spiro atoms. The van der Waals surface area contributed by atoms with E-state index in [9.17, 15) is 9.59 Å². The smallest absolute Gasteiger partial charge is 0.325 e. The molecular formula is C15H20N2O3S. The van der Waals surface area contributed by atoms with Crippen molar-refractivity contribution >= 4 is 29.4 Å². The molecule has 1 heterocycles. The molecule has 6 heteroatoms. The van der Waals surface area contributed by atoms with Crippen molar-refractivity contribution < 1.29 is 14.7 Å². The number of amides is 2. The Morgan fingerprint density at radius 2 is 2.05 bits per heavy atom. The summed E-state index contributed by atoms with van der Waals surface area (Å²) in [7, 11) is 0. The Morgan fingerprint density at radius 3 is 2.62 bits per heavy atom. The molecule has 1 unspecified atom stereocenters. The lowest BCUT2D eigenvalue weighted by Gasteiger charge is -2.36. The molecule has 0 aliphatic carbocycles. The third-order valence-corrected chi connectivity index (χ3v) is 4.67. The van der Waals surface area contributed by atoms with Gasteiger partial charge >= 0.3 is 12.0 Å². The molecular weight excluding hydrogens is 288 g/mol. The molecule has 2 rings (SSSR count). The number of carbonyl (C=O) groups excluding carboxylic acids is 1. The second-order valence-electron chi connectivity index (χ2n) is 5.22. The highest BCUT2D eigenvalue weighted by Crippen LogP contribution is 2.21. The number of nitrogens with zero attached hydrogens (tertiary/aromatic N) is 2. The molecule has 2 amide bonds. The van der Waals surface area contributed by atoms with Crippen LogP contribution >= 0.6 is 11.8 Å². The highest BCUT2D eigenvalue weighted by Gasteiger charge is 2.29. The number of aryl methyl sites for hydroxylation is 1. The van der Waals surface area contributed by atoms with E-state index in [0.29, 0.717) is 12.2 Å². The molecule has 114 valence electrons. The van der Waals surface area contributed by atoms with E-state index in [4.69, 9.17) is 5.11 Å². The summed E-state index contributed by atoms with van der Waals surface area (Å²) in [6.07, 6.45) is 0. The molecule has 0 aromatic heterocycles. The van der Waals surface area contributed by atoms with E-state index in [2.05, 4.69) is 0 Å². The van der Waals surface area contributed by atoms with Crippen molar-refractivity contribution in [2.45, 2.75) is 19.9 Å². The Bertz CT molecular complexity index is 518. The number of carboxylic acids is 1. The number of urea groups is 1. The standard InChI is InChI=1S/C15H20N2O3S/c1-11-3-5-13(6-4-11)17(9-14(18)19)15(20)16-7-8-21-10-12(16)2/h3-6,12H,7-10H2,1-2H3,(H,18,19). The third-order valence-electron chi connectivity index (χ3n) is 3.48. The van der Waals surface area contributed by atoms with Crippen molar-refractivity contribution in [1.29, 1.82) is 0 Å². The van der Waals surface area contributed by atoms with Crippen LogP contribution in [0.25, 0.3) is 0 Å². The predicted octanol–water partition coefficient (Wildman–Crippen LogP) is 2.44. The van der Waals surface area contributed by atoms with Gasteiger partial charge in [-0.3, -0.25) is 9.69 Å². The van der Waals surface area contributed by atoms with Gasteiger partial charge in [0.05, 0.1) is 0 Å². The molecule has 1 aromatic rings. The molecule has 1 aliphatic heterocycles. The molecule has 0 bridgehead atoms. The molecule has 0 saturated carbocycles. The van der Waals surface area contributed by atoms with E-state index in [1.165, 1.54) is 4.90 Å². The Balaban J connectivity index is 2.24. The van der Waals surface area contributed by atoms with Gasteiger partial charge in [0, 0.05) is 29.8 Å². The fraction of sp³-hybridized carbons (Fsp3) is 0.467. The van der Waals surface area contributed by atoms with Gasteiger partial charge in [0.25, 0.3) is 0 Å². The first-order chi connectivity index (χ1) is 9.99. The van der Waals surface area contributed by atoms with Crippen molar-refractivity contribution in [3.05, 3.63) is 29.8 Å². The molecule has 1 N–H and O–H groups in total. The molecule has 1 fully saturated rings. The maximum atomic E-state index is 12.7. The zero-order chi connectivity index (χ0) is 15.4. The molecule has 1 saturated heterocycles. The molecule has 5 nitrogen and oxygen atoms in total. The van der Waals surface area contributed by atoms with E-state index >= 15 is 0 Å². The summed E-state index contributed by atoms with van der Waals surface area (Å²) in [5, 5.41) is 9.10. The van der Waals surface area contributed by atoms with Crippen LogP contribution in [0.15, 0.2) is 24.3 Å². The topological polar surface area (TPSA) is 60.9 Å². The zero-order valence-corrected chi connectivity index (χ0v) is 13.1. The highest BCUT2D eigenvalue weighted by atomic mass is 32.2. The molecule has 1 atom stereocenters. The number of carbonyl (C=O) groups is 2. The number of rotatable bonds is 3. The van der Waals surface area contributed by atoms with Gasteiger partial charge < -0.3 is 10.0 Å². The Kier molecular flexibility index (Phi) is 5.12. The van der Waals surface area contributed by atoms with Crippen LogP contribution in [0.4, 0.5) is 10.5 Å². The first-order valence-corrected chi connectivity index (χ1v) is 8.09. The maximum absolute atomic E-state index is 12.7. The highest BCUT2D eigenvalue weighted by molar-refractivity contribution is 7.99. The van der Waals surface area contributed by atoms with Crippen LogP contribution in [0.2, 0.25) is 0 Å². The number of anilines is 1. The van der Waals surface area contributed by atoms with Gasteiger partial charge in [-0.1, -0.05) is 17.7 Å². The van der Waals surface area contributed by atoms with E-state index in [1.54, 1.807) is 17.0 Å². The number of aliphatic carboxylic acids is 1. The van der Waals surface area contributed by atoms with Gasteiger partial charge in [-0.15, -0.1) is 0 Å². The second kappa shape index (κ2) is 6.85. The maximum Gasteiger partial charge on any atom is 0.325 e. The number of benzene rings is 1. The normalized spacial score (nSPS) is 18.4. The average molecular weight is 308 g/mol. The summed E-state index contributed by atoms with van der Waals surface area (Å²) < 4.78 is 0. The predicted molar refractivity (Wildman–Crippen MR) is 85.0 cm³/mol. The van der Waals surface area contributed by atoms with Gasteiger partial charge in [0.1, 0.15) is 6.54 Å². The molecule has 1 aromatic carbocycles. The SMILES string of the molecule is Cc1ccc(N(CC(=O)O)C(=O)N2CCSCC2C)cc1. The summed E-state index contributed by atoms with van der Waals surface area (Å²) >= 11 is 1.82. The van der Waals surface area contributed by atoms with Crippen LogP contribution in [0.3, 0.4) is 0 Å². The number of thioether (sulfide) groups is 1. The summed E-state index contributed by atoms with van der Waals surface area (Å²) in [5.74, 6) is 0.772. The fourth-order valence-electron chi connectivity index (χ4n) is 2.30. The number of carboxylic acid groups (broad SMARTS) is 1. The first kappa shape index (κ1) is 15.7. The van der Waals surface area contributed by atoms with Crippen molar-refractivity contribution in [2.24, 2.45) is 0 Å². The minimum absolute atomic E-state index is 0.123. The van der Waals surface area contributed by atoms with Crippen molar-refractivity contribution in [3.8, 4) is 0 Å². The third kappa shape index (κ3) is 3.91. The summed E-state index contributed by atoms with van der Waals surface area (Å²) in [6.45, 7) is 4.29. The van der Waals surface area contributed by atoms with Crippen LogP contribution in [-0.4, -0.2) is 52.6 Å². The van der Waals surface area contributed by atoms with Crippen molar-refractivity contribution in [2.75, 3.05) is 29.5 Å². The van der Waals surface area contributed by atoms with Crippen LogP contribution < -0.4 is 4.90 Å². The van der Waals surface area contributed by atoms with Crippen LogP contribution in [0, 0.1) is 6.92 Å². The van der Waals surface area contributed by atoms with Gasteiger partial charge in [-0.2, -0.15) is 11.8 Å². The van der Waals surface area contributed by atoms with Crippen molar-refractivity contribution in [1.82, 2.24) is 4.90 Å². The zero-order valence-electron chi connectivity index (χ0n) is 12.3. The van der Waals surface area contributed by atoms with Crippen molar-refractivity contribution in [3.63, 3.8) is 0 Å². The van der Waals surface area contributed by atoms with E-state index < -0.39 is 5.97 Å². The lowest BCUT2D eigenvalue weighted by atomic mass is 10.2. The largest absolute Gasteiger partial charge is 0.480 e. The van der Waals surface area contributed by atoms with Gasteiger partial charge in [0.15, 0.2) is 0 Å². The van der Waals surface area contributed by atoms with E-state index in [0.717, 1.165) is 17.1 Å². The minimum atomic E-state index is -1.01. The minimum Gasteiger partial charge on any atom is -0.480 e. The summed E-state index contributed by atoms with van der Waals surface area (Å²) in [6, 6.07) is 7.24. The lowest BCUT2D eigenvalue weighted by Crippen LogP contribution is -2.52. The average Bonchev–Trinajstić information content (AvgIpc) is 2.45. The summed E-state index contributed by atoms with van der Waals surface area (Å²) in [5.41, 5.74) is 1.70. The quantitative estimate of drug-likeness (QED) is 0.931. The Morgan fingerprint density at radius 1 is 1.38 bits per heavy atom. The number of hydrogen-bond donors (Lipinski definition) is 1. The van der Waals surface area contributed by atoms with Gasteiger partial charge in [-0.25, -0.2) is 4.79 Å². The van der Waals surface area contributed by atoms with E-state index in [-0.39, 0.29) is 18.6 Å². The van der Waals surface area contributed by atoms with Gasteiger partial charge in [-0.05, 0) is 26.0 Å². The van der Waals surface area contributed by atoms with Crippen LogP contribution in [-0.2, 0) is 4.79 Å². The van der Waals surface area contributed by atoms with Crippen LogP contribution in [0.5, 0.6) is 0 Å². The van der Waals surface area contributed by atoms with E-state index in [1.807, 2.05) is 37.7 Å². The number of hydrogen-bond acceptors (Lipinski definition) is 3. The molecule has 0 radical (unpaired) electrons. The molecule has 21 heavy (non-hydrogen) atoms. The van der Waals surface area contributed by atoms with Crippen LogP contribution in [0.1, 0.15) is 12.5 Å². The summed E-state index contributed by atoms with van der Waals surface area (Å²) in [4.78, 5) is 26.9. The van der Waals surface area contributed by atoms with Gasteiger partial charge in [0.2, 0.25) is 0 Å². The Labute approximate surface area is 128 Å². The lowest BCUT2D eigenvalue weighted by molar-refractivity contribution is -0.135.